The monoisotopic (exact) mass is 458 g/mol. The van der Waals surface area contributed by atoms with Crippen molar-refractivity contribution in [2.24, 2.45) is 0 Å². The summed E-state index contributed by atoms with van der Waals surface area (Å²) >= 11 is 0. The van der Waals surface area contributed by atoms with Gasteiger partial charge in [0.15, 0.2) is 0 Å². The lowest BCUT2D eigenvalue weighted by Gasteiger charge is -2.39. The van der Waals surface area contributed by atoms with E-state index in [2.05, 4.69) is 61.1 Å². The second kappa shape index (κ2) is 12.0. The number of unbranched alkanes of at least 4 members (excludes halogenated alkanes) is 1. The maximum atomic E-state index is 13.2. The minimum Gasteiger partial charge on any atom is -0.369 e. The molecule has 1 aromatic rings. The number of likely N-dealkylation sites (N-methyl/N-ethyl adjacent to an activating group) is 2. The first-order valence-corrected chi connectivity index (χ1v) is 11.7. The Morgan fingerprint density at radius 2 is 1.76 bits per heavy atom. The van der Waals surface area contributed by atoms with Crippen molar-refractivity contribution in [3.8, 4) is 0 Å². The Morgan fingerprint density at radius 3 is 2.36 bits per heavy atom. The van der Waals surface area contributed by atoms with Crippen LogP contribution in [0.1, 0.15) is 58.1 Å². The number of hydrogen-bond donors (Lipinski definition) is 0. The Balaban J connectivity index is 0.000000890. The third-order valence-electron chi connectivity index (χ3n) is 5.97. The molecular weight excluding hydrogens is 421 g/mol. The third-order valence-corrected chi connectivity index (χ3v) is 5.97. The van der Waals surface area contributed by atoms with Gasteiger partial charge < -0.3 is 9.80 Å². The van der Waals surface area contributed by atoms with Gasteiger partial charge in [-0.2, -0.15) is 13.2 Å². The quantitative estimate of drug-likeness (QED) is 0.415. The molecule has 3 rings (SSSR count). The number of allylic oxidation sites excluding steroid dienone is 4. The van der Waals surface area contributed by atoms with Crippen molar-refractivity contribution in [3.63, 3.8) is 0 Å². The van der Waals surface area contributed by atoms with Gasteiger partial charge in [-0.05, 0) is 54.3 Å². The number of rotatable bonds is 5. The van der Waals surface area contributed by atoms with Crippen molar-refractivity contribution in [2.45, 2.75) is 59.2 Å². The van der Waals surface area contributed by atoms with Gasteiger partial charge in [0.1, 0.15) is 0 Å². The van der Waals surface area contributed by atoms with Gasteiger partial charge in [0.05, 0.1) is 23.0 Å². The van der Waals surface area contributed by atoms with Crippen LogP contribution in [-0.4, -0.2) is 36.5 Å². The molecule has 2 aliphatic heterocycles. The zero-order valence-corrected chi connectivity index (χ0v) is 20.7. The zero-order chi connectivity index (χ0) is 24.6. The molecule has 0 fully saturated rings. The number of alkyl halides is 3. The fraction of sp³-hybridized carbons (Fsp3) is 0.429. The van der Waals surface area contributed by atoms with Crippen LogP contribution in [0.4, 0.5) is 13.2 Å². The van der Waals surface area contributed by atoms with E-state index in [0.29, 0.717) is 5.56 Å². The minimum absolute atomic E-state index is 0.0535. The predicted octanol–water partition coefficient (Wildman–Crippen LogP) is 7.83. The van der Waals surface area contributed by atoms with Gasteiger partial charge in [-0.1, -0.05) is 70.0 Å². The summed E-state index contributed by atoms with van der Waals surface area (Å²) < 4.78 is 39.6. The maximum Gasteiger partial charge on any atom is 0.416 e. The standard InChI is InChI=1S/C24H27F3N2.C4H10/c1-5-6-11-20(17(2)18-9-7-10-19(16-18)24(25,26)27)21-13-14-22-23(29(21)4)12-8-15-28(22)3;1-3-4-2/h6-14,16,21H,5,15H2,1-4H3;3-4H2,1-2H3/b11-6-,20-17-;. The highest BCUT2D eigenvalue weighted by Crippen LogP contribution is 2.35. The van der Waals surface area contributed by atoms with Gasteiger partial charge in [-0.25, -0.2) is 0 Å². The van der Waals surface area contributed by atoms with Crippen LogP contribution in [0.2, 0.25) is 0 Å². The highest BCUT2D eigenvalue weighted by Gasteiger charge is 2.31. The van der Waals surface area contributed by atoms with E-state index in [9.17, 15) is 13.2 Å². The van der Waals surface area contributed by atoms with E-state index in [1.165, 1.54) is 25.0 Å². The Bertz CT molecular complexity index is 946. The number of halogens is 3. The molecule has 2 heterocycles. The minimum atomic E-state index is -4.35. The smallest absolute Gasteiger partial charge is 0.369 e. The molecule has 180 valence electrons. The lowest BCUT2D eigenvalue weighted by atomic mass is 9.91. The van der Waals surface area contributed by atoms with Gasteiger partial charge in [0.2, 0.25) is 0 Å². The average molecular weight is 459 g/mol. The Hall–Kier alpha value is -2.69. The number of benzene rings is 1. The van der Waals surface area contributed by atoms with Crippen molar-refractivity contribution in [1.29, 1.82) is 0 Å². The summed E-state index contributed by atoms with van der Waals surface area (Å²) in [5.74, 6) is 0. The van der Waals surface area contributed by atoms with Crippen molar-refractivity contribution in [1.82, 2.24) is 9.80 Å². The van der Waals surface area contributed by atoms with Crippen molar-refractivity contribution in [2.75, 3.05) is 20.6 Å². The third kappa shape index (κ3) is 6.66. The van der Waals surface area contributed by atoms with Gasteiger partial charge >= 0.3 is 6.18 Å². The topological polar surface area (TPSA) is 6.48 Å². The van der Waals surface area contributed by atoms with Crippen LogP contribution in [0.3, 0.4) is 0 Å². The van der Waals surface area contributed by atoms with E-state index in [0.717, 1.165) is 41.6 Å². The fourth-order valence-electron chi connectivity index (χ4n) is 3.77. The lowest BCUT2D eigenvalue weighted by Crippen LogP contribution is -2.37. The molecule has 0 amide bonds. The molecule has 0 saturated heterocycles. The largest absolute Gasteiger partial charge is 0.416 e. The molecule has 1 atom stereocenters. The van der Waals surface area contributed by atoms with E-state index in [1.807, 2.05) is 27.0 Å². The summed E-state index contributed by atoms with van der Waals surface area (Å²) in [7, 11) is 4.09. The first-order chi connectivity index (χ1) is 15.6. The Labute approximate surface area is 197 Å². The molecule has 1 aromatic carbocycles. The summed E-state index contributed by atoms with van der Waals surface area (Å²) in [5.41, 5.74) is 4.08. The van der Waals surface area contributed by atoms with Gasteiger partial charge in [0.25, 0.3) is 0 Å². The lowest BCUT2D eigenvalue weighted by molar-refractivity contribution is -0.137. The Kier molecular flexibility index (Phi) is 9.63. The summed E-state index contributed by atoms with van der Waals surface area (Å²) in [6.45, 7) is 9.18. The fourth-order valence-corrected chi connectivity index (χ4v) is 3.77. The zero-order valence-electron chi connectivity index (χ0n) is 20.7. The molecule has 0 bridgehead atoms. The maximum absolute atomic E-state index is 13.2. The van der Waals surface area contributed by atoms with Gasteiger partial charge in [-0.15, -0.1) is 0 Å². The highest BCUT2D eigenvalue weighted by atomic mass is 19.4. The molecule has 5 heteroatoms. The second-order valence-corrected chi connectivity index (χ2v) is 8.44. The average Bonchev–Trinajstić information content (AvgIpc) is 2.80. The van der Waals surface area contributed by atoms with E-state index >= 15 is 0 Å². The second-order valence-electron chi connectivity index (χ2n) is 8.44. The van der Waals surface area contributed by atoms with Crippen LogP contribution in [-0.2, 0) is 6.18 Å². The van der Waals surface area contributed by atoms with Crippen LogP contribution in [0.25, 0.3) is 5.57 Å². The molecular formula is C28H37F3N2. The van der Waals surface area contributed by atoms with E-state index in [1.54, 1.807) is 6.07 Å². The predicted molar refractivity (Wildman–Crippen MR) is 134 cm³/mol. The van der Waals surface area contributed by atoms with Crippen LogP contribution in [0.5, 0.6) is 0 Å². The summed E-state index contributed by atoms with van der Waals surface area (Å²) in [6.07, 6.45) is 11.7. The van der Waals surface area contributed by atoms with Crippen molar-refractivity contribution in [3.05, 3.63) is 88.8 Å². The number of nitrogens with zero attached hydrogens (tertiary/aromatic N) is 2. The molecule has 1 unspecified atom stereocenters. The SMILES string of the molecule is CC/C=C\C(=C(/C)c1cccc(C(F)(F)F)c1)C1C=CC2=C(C=CCN2C)N1C.CCCC. The normalized spacial score (nSPS) is 18.9. The van der Waals surface area contributed by atoms with Crippen LogP contribution < -0.4 is 0 Å². The molecule has 0 N–H and O–H groups in total. The van der Waals surface area contributed by atoms with Crippen LogP contribution in [0, 0.1) is 0 Å². The van der Waals surface area contributed by atoms with Gasteiger partial charge in [-0.3, -0.25) is 0 Å². The van der Waals surface area contributed by atoms with E-state index in [4.69, 9.17) is 0 Å². The summed E-state index contributed by atoms with van der Waals surface area (Å²) in [6, 6.07) is 5.52. The van der Waals surface area contributed by atoms with E-state index < -0.39 is 11.7 Å². The summed E-state index contributed by atoms with van der Waals surface area (Å²) in [5, 5.41) is 0. The van der Waals surface area contributed by atoms with E-state index in [-0.39, 0.29) is 6.04 Å². The van der Waals surface area contributed by atoms with Crippen LogP contribution in [0.15, 0.2) is 77.7 Å². The van der Waals surface area contributed by atoms with Crippen molar-refractivity contribution < 1.29 is 13.2 Å². The first-order valence-electron chi connectivity index (χ1n) is 11.7. The molecule has 2 aliphatic rings. The molecule has 0 saturated carbocycles. The molecule has 0 aliphatic carbocycles. The number of hydrogen-bond acceptors (Lipinski definition) is 2. The van der Waals surface area contributed by atoms with Crippen LogP contribution >= 0.6 is 0 Å². The summed E-state index contributed by atoms with van der Waals surface area (Å²) in [4.78, 5) is 4.37. The molecule has 0 aromatic heterocycles. The molecule has 0 spiro atoms. The first kappa shape index (κ1) is 26.6. The molecule has 0 radical (unpaired) electrons. The Morgan fingerprint density at radius 1 is 1.06 bits per heavy atom. The van der Waals surface area contributed by atoms with Gasteiger partial charge in [0, 0.05) is 20.6 Å². The molecule has 2 nitrogen and oxygen atoms in total. The highest BCUT2D eigenvalue weighted by molar-refractivity contribution is 5.72. The molecule has 33 heavy (non-hydrogen) atoms. The van der Waals surface area contributed by atoms with Crippen molar-refractivity contribution >= 4 is 5.57 Å².